The van der Waals surface area contributed by atoms with Gasteiger partial charge in [-0.25, -0.2) is 13.2 Å². The lowest BCUT2D eigenvalue weighted by molar-refractivity contribution is -0.121. The van der Waals surface area contributed by atoms with Gasteiger partial charge < -0.3 is 24.4 Å². The van der Waals surface area contributed by atoms with Crippen molar-refractivity contribution in [2.45, 2.75) is 36.8 Å². The number of likely N-dealkylation sites (tertiary alicyclic amines) is 1. The zero-order chi connectivity index (χ0) is 26.0. The fourth-order valence-corrected chi connectivity index (χ4v) is 6.49. The third-order valence-electron chi connectivity index (χ3n) is 6.49. The molecule has 2 aromatic rings. The first-order chi connectivity index (χ1) is 17.1. The SMILES string of the molecule is COC(=O)c1cc(C)c2c(c1)S(=O)(=O)Cc1cc(N(CCN3CCCCC3)C(=O)CO)cc(Cl)c1O2. The molecule has 2 aromatic carbocycles. The number of aliphatic hydroxyl groups is 1. The fraction of sp³-hybridized carbons (Fsp3) is 0.440. The maximum absolute atomic E-state index is 13.4. The van der Waals surface area contributed by atoms with E-state index in [2.05, 4.69) is 4.90 Å². The number of nitrogens with zero attached hydrogens (tertiary/aromatic N) is 2. The van der Waals surface area contributed by atoms with Crippen molar-refractivity contribution in [3.8, 4) is 11.5 Å². The summed E-state index contributed by atoms with van der Waals surface area (Å²) in [5.74, 6) is -1.36. The highest BCUT2D eigenvalue weighted by atomic mass is 35.5. The molecule has 4 rings (SSSR count). The Kier molecular flexibility index (Phi) is 7.89. The molecule has 0 spiro atoms. The van der Waals surface area contributed by atoms with Crippen molar-refractivity contribution in [3.63, 3.8) is 0 Å². The largest absolute Gasteiger partial charge is 0.465 e. The number of sulfone groups is 1. The van der Waals surface area contributed by atoms with E-state index in [1.807, 2.05) is 0 Å². The fourth-order valence-electron chi connectivity index (χ4n) is 4.64. The van der Waals surface area contributed by atoms with E-state index in [9.17, 15) is 23.1 Å². The number of benzene rings is 2. The van der Waals surface area contributed by atoms with Crippen molar-refractivity contribution in [1.82, 2.24) is 4.90 Å². The van der Waals surface area contributed by atoms with Gasteiger partial charge in [0.15, 0.2) is 9.84 Å². The van der Waals surface area contributed by atoms with Crippen LogP contribution in [0.5, 0.6) is 11.5 Å². The average Bonchev–Trinajstić information content (AvgIpc) is 2.97. The highest BCUT2D eigenvalue weighted by Gasteiger charge is 2.32. The Hall–Kier alpha value is -2.66. The second kappa shape index (κ2) is 10.8. The van der Waals surface area contributed by atoms with Gasteiger partial charge in [0.1, 0.15) is 23.0 Å². The highest BCUT2D eigenvalue weighted by Crippen LogP contribution is 2.45. The van der Waals surface area contributed by atoms with Crippen molar-refractivity contribution in [2.24, 2.45) is 0 Å². The Morgan fingerprint density at radius 1 is 1.14 bits per heavy atom. The summed E-state index contributed by atoms with van der Waals surface area (Å²) in [7, 11) is -2.73. The van der Waals surface area contributed by atoms with Crippen LogP contribution >= 0.6 is 11.6 Å². The summed E-state index contributed by atoms with van der Waals surface area (Å²) in [6.07, 6.45) is 3.39. The molecule has 36 heavy (non-hydrogen) atoms. The number of esters is 1. The molecular weight excluding hydrogens is 508 g/mol. The Bertz CT molecular complexity index is 1290. The molecule has 0 radical (unpaired) electrons. The van der Waals surface area contributed by atoms with E-state index < -0.39 is 34.1 Å². The number of carbonyl (C=O) groups excluding carboxylic acids is 2. The summed E-state index contributed by atoms with van der Waals surface area (Å²) >= 11 is 6.57. The lowest BCUT2D eigenvalue weighted by Crippen LogP contribution is -2.41. The van der Waals surface area contributed by atoms with E-state index in [1.165, 1.54) is 30.6 Å². The number of hydrogen-bond acceptors (Lipinski definition) is 8. The van der Waals surface area contributed by atoms with E-state index in [-0.39, 0.29) is 32.5 Å². The number of anilines is 1. The number of ether oxygens (including phenoxy) is 2. The van der Waals surface area contributed by atoms with E-state index in [0.717, 1.165) is 25.9 Å². The molecule has 9 nitrogen and oxygen atoms in total. The summed E-state index contributed by atoms with van der Waals surface area (Å²) in [6.45, 7) is 3.79. The molecule has 0 aromatic heterocycles. The van der Waals surface area contributed by atoms with Crippen LogP contribution in [0.25, 0.3) is 0 Å². The van der Waals surface area contributed by atoms with Crippen LogP contribution in [0.2, 0.25) is 5.02 Å². The molecule has 1 saturated heterocycles. The van der Waals surface area contributed by atoms with Gasteiger partial charge in [0.2, 0.25) is 0 Å². The highest BCUT2D eigenvalue weighted by molar-refractivity contribution is 7.90. The number of aliphatic hydroxyl groups excluding tert-OH is 1. The van der Waals surface area contributed by atoms with Crippen molar-refractivity contribution >= 4 is 39.0 Å². The molecule has 0 atom stereocenters. The molecular formula is C25H29ClN2O7S. The topological polar surface area (TPSA) is 113 Å². The van der Waals surface area contributed by atoms with Crippen molar-refractivity contribution in [2.75, 3.05) is 44.8 Å². The minimum Gasteiger partial charge on any atom is -0.465 e. The van der Waals surface area contributed by atoms with Crippen LogP contribution in [0.1, 0.15) is 40.7 Å². The van der Waals surface area contributed by atoms with E-state index in [4.69, 9.17) is 21.1 Å². The van der Waals surface area contributed by atoms with E-state index in [0.29, 0.717) is 24.3 Å². The number of methoxy groups -OCH3 is 1. The molecule has 2 aliphatic heterocycles. The molecule has 1 fully saturated rings. The smallest absolute Gasteiger partial charge is 0.337 e. The third-order valence-corrected chi connectivity index (χ3v) is 8.43. The van der Waals surface area contributed by atoms with Gasteiger partial charge in [-0.15, -0.1) is 0 Å². The zero-order valence-corrected chi connectivity index (χ0v) is 21.8. The lowest BCUT2D eigenvalue weighted by Gasteiger charge is -2.30. The molecule has 194 valence electrons. The van der Waals surface area contributed by atoms with Crippen LogP contribution in [-0.4, -0.2) is 70.2 Å². The van der Waals surface area contributed by atoms with Crippen molar-refractivity contribution < 1.29 is 32.6 Å². The normalized spacial score (nSPS) is 16.8. The Balaban J connectivity index is 1.72. The van der Waals surface area contributed by atoms with Gasteiger partial charge in [-0.2, -0.15) is 0 Å². The molecule has 0 aliphatic carbocycles. The summed E-state index contributed by atoms with van der Waals surface area (Å²) in [4.78, 5) is 28.3. The number of halogens is 1. The van der Waals surface area contributed by atoms with Crippen LogP contribution in [0, 0.1) is 6.92 Å². The average molecular weight is 537 g/mol. The van der Waals surface area contributed by atoms with Crippen LogP contribution in [0.3, 0.4) is 0 Å². The number of aryl methyl sites for hydroxylation is 1. The molecule has 1 N–H and O–H groups in total. The van der Waals surface area contributed by atoms with Gasteiger partial charge in [0.25, 0.3) is 5.91 Å². The van der Waals surface area contributed by atoms with Crippen molar-refractivity contribution in [3.05, 3.63) is 46.0 Å². The monoisotopic (exact) mass is 536 g/mol. The van der Waals surface area contributed by atoms with Crippen LogP contribution in [0.15, 0.2) is 29.2 Å². The van der Waals surface area contributed by atoms with Gasteiger partial charge in [0, 0.05) is 24.3 Å². The lowest BCUT2D eigenvalue weighted by atomic mass is 10.1. The van der Waals surface area contributed by atoms with Gasteiger partial charge in [-0.3, -0.25) is 4.79 Å². The second-order valence-electron chi connectivity index (χ2n) is 8.99. The molecule has 11 heteroatoms. The minimum atomic E-state index is -3.95. The standard InChI is InChI=1S/C25H29ClN2O7S/c1-16-10-17(25(31)34-2)12-21-23(16)35-24-18(15-36(21,32)33)11-19(13-20(24)26)28(22(30)14-29)9-8-27-6-4-3-5-7-27/h10-13,29H,3-9,14-15H2,1-2H3. The van der Waals surface area contributed by atoms with Gasteiger partial charge in [-0.1, -0.05) is 18.0 Å². The maximum Gasteiger partial charge on any atom is 0.337 e. The number of carbonyl (C=O) groups is 2. The van der Waals surface area contributed by atoms with Gasteiger partial charge >= 0.3 is 5.97 Å². The minimum absolute atomic E-state index is 0.0874. The summed E-state index contributed by atoms with van der Waals surface area (Å²) in [6, 6.07) is 5.84. The first-order valence-corrected chi connectivity index (χ1v) is 13.8. The van der Waals surface area contributed by atoms with E-state index in [1.54, 1.807) is 19.1 Å². The quantitative estimate of drug-likeness (QED) is 0.559. The number of fused-ring (bicyclic) bond motifs is 2. The third kappa shape index (κ3) is 5.36. The molecule has 2 heterocycles. The molecule has 0 saturated carbocycles. The zero-order valence-electron chi connectivity index (χ0n) is 20.3. The first-order valence-electron chi connectivity index (χ1n) is 11.7. The summed E-state index contributed by atoms with van der Waals surface area (Å²) in [5, 5.41) is 9.72. The molecule has 0 unspecified atom stereocenters. The predicted molar refractivity (Wildman–Crippen MR) is 135 cm³/mol. The Morgan fingerprint density at radius 3 is 2.53 bits per heavy atom. The summed E-state index contributed by atoms with van der Waals surface area (Å²) in [5.41, 5.74) is 1.19. The van der Waals surface area contributed by atoms with Gasteiger partial charge in [0.05, 0.1) is 23.4 Å². The number of piperidine rings is 1. The second-order valence-corrected chi connectivity index (χ2v) is 11.4. The summed E-state index contributed by atoms with van der Waals surface area (Å²) < 4.78 is 37.5. The Labute approximate surface area is 215 Å². The Morgan fingerprint density at radius 2 is 1.86 bits per heavy atom. The van der Waals surface area contributed by atoms with Gasteiger partial charge in [-0.05, 0) is 62.7 Å². The molecule has 2 aliphatic rings. The first kappa shape index (κ1) is 26.4. The number of hydrogen-bond donors (Lipinski definition) is 1. The predicted octanol–water partition coefficient (Wildman–Crippen LogP) is 3.33. The molecule has 0 bridgehead atoms. The van der Waals surface area contributed by atoms with Crippen molar-refractivity contribution in [1.29, 1.82) is 0 Å². The molecule has 1 amide bonds. The maximum atomic E-state index is 13.4. The van der Waals surface area contributed by atoms with E-state index >= 15 is 0 Å². The number of rotatable bonds is 6. The van der Waals surface area contributed by atoms with Crippen LogP contribution in [-0.2, 0) is 25.1 Å². The number of amides is 1. The van der Waals surface area contributed by atoms with Crippen LogP contribution in [0.4, 0.5) is 5.69 Å². The van der Waals surface area contributed by atoms with Crippen LogP contribution < -0.4 is 9.64 Å².